The van der Waals surface area contributed by atoms with Crippen LogP contribution < -0.4 is 15.2 Å². The van der Waals surface area contributed by atoms with Crippen LogP contribution in [0, 0.1) is 0 Å². The van der Waals surface area contributed by atoms with Gasteiger partial charge in [0, 0.05) is 22.8 Å². The highest BCUT2D eigenvalue weighted by molar-refractivity contribution is 7.89. The molecule has 140 valence electrons. The molecule has 3 aromatic rings. The van der Waals surface area contributed by atoms with E-state index in [1.54, 1.807) is 12.1 Å². The first-order valence-electron chi connectivity index (χ1n) is 8.24. The SMILES string of the molecule is NS(=O)(=O)c1ccc(NCc2ccccc2OCc2ccc(Cl)cc2)cc1. The number of para-hydroxylation sites is 1. The monoisotopic (exact) mass is 402 g/mol. The highest BCUT2D eigenvalue weighted by Crippen LogP contribution is 2.22. The first kappa shape index (κ1) is 19.2. The van der Waals surface area contributed by atoms with Crippen molar-refractivity contribution >= 4 is 27.3 Å². The maximum absolute atomic E-state index is 11.3. The summed E-state index contributed by atoms with van der Waals surface area (Å²) in [5, 5.41) is 9.05. The summed E-state index contributed by atoms with van der Waals surface area (Å²) in [6.07, 6.45) is 0. The average Bonchev–Trinajstić information content (AvgIpc) is 2.66. The largest absolute Gasteiger partial charge is 0.489 e. The van der Waals surface area contributed by atoms with Crippen molar-refractivity contribution in [3.63, 3.8) is 0 Å². The third-order valence-corrected chi connectivity index (χ3v) is 5.13. The second-order valence-corrected chi connectivity index (χ2v) is 7.94. The fourth-order valence-corrected chi connectivity index (χ4v) is 3.13. The zero-order valence-electron chi connectivity index (χ0n) is 14.4. The number of rotatable bonds is 7. The van der Waals surface area contributed by atoms with E-state index in [9.17, 15) is 8.42 Å². The lowest BCUT2D eigenvalue weighted by molar-refractivity contribution is 0.303. The molecule has 0 saturated carbocycles. The van der Waals surface area contributed by atoms with Gasteiger partial charge in [-0.15, -0.1) is 0 Å². The smallest absolute Gasteiger partial charge is 0.238 e. The molecule has 0 saturated heterocycles. The first-order chi connectivity index (χ1) is 12.9. The van der Waals surface area contributed by atoms with Crippen LogP contribution in [0.25, 0.3) is 0 Å². The molecule has 0 unspecified atom stereocenters. The molecule has 3 N–H and O–H groups in total. The quantitative estimate of drug-likeness (QED) is 0.621. The molecule has 3 rings (SSSR count). The van der Waals surface area contributed by atoms with E-state index in [1.165, 1.54) is 12.1 Å². The van der Waals surface area contributed by atoms with E-state index < -0.39 is 10.0 Å². The third-order valence-electron chi connectivity index (χ3n) is 3.95. The second kappa shape index (κ2) is 8.43. The van der Waals surface area contributed by atoms with Crippen molar-refractivity contribution in [2.24, 2.45) is 5.14 Å². The zero-order chi connectivity index (χ0) is 19.3. The minimum Gasteiger partial charge on any atom is -0.489 e. The summed E-state index contributed by atoms with van der Waals surface area (Å²) in [5.74, 6) is 0.779. The lowest BCUT2D eigenvalue weighted by Gasteiger charge is -2.13. The average molecular weight is 403 g/mol. The van der Waals surface area contributed by atoms with Gasteiger partial charge in [-0.1, -0.05) is 41.9 Å². The Morgan fingerprint density at radius 2 is 1.59 bits per heavy atom. The van der Waals surface area contributed by atoms with Gasteiger partial charge in [0.15, 0.2) is 0 Å². The Bertz CT molecular complexity index is 1000. The molecule has 3 aromatic carbocycles. The minimum absolute atomic E-state index is 0.0831. The van der Waals surface area contributed by atoms with E-state index >= 15 is 0 Å². The molecule has 27 heavy (non-hydrogen) atoms. The standard InChI is InChI=1S/C20H19ClN2O3S/c21-17-7-5-15(6-8-17)14-26-20-4-2-1-3-16(20)13-23-18-9-11-19(12-10-18)27(22,24)25/h1-12,23H,13-14H2,(H2,22,24,25). The topological polar surface area (TPSA) is 81.4 Å². The lowest BCUT2D eigenvalue weighted by atomic mass is 10.2. The maximum Gasteiger partial charge on any atom is 0.238 e. The second-order valence-electron chi connectivity index (χ2n) is 5.95. The van der Waals surface area contributed by atoms with Gasteiger partial charge in [0.2, 0.25) is 10.0 Å². The number of anilines is 1. The molecule has 0 fully saturated rings. The molecule has 0 radical (unpaired) electrons. The maximum atomic E-state index is 11.3. The van der Waals surface area contributed by atoms with Crippen molar-refractivity contribution in [2.45, 2.75) is 18.0 Å². The van der Waals surface area contributed by atoms with Crippen LogP contribution in [0.15, 0.2) is 77.7 Å². The molecule has 0 atom stereocenters. The first-order valence-corrected chi connectivity index (χ1v) is 10.2. The van der Waals surface area contributed by atoms with E-state index in [-0.39, 0.29) is 4.90 Å². The van der Waals surface area contributed by atoms with Gasteiger partial charge in [0.25, 0.3) is 0 Å². The molecule has 0 spiro atoms. The number of primary sulfonamides is 1. The van der Waals surface area contributed by atoms with Crippen molar-refractivity contribution in [1.29, 1.82) is 0 Å². The summed E-state index contributed by atoms with van der Waals surface area (Å²) in [5.41, 5.74) is 2.80. The summed E-state index contributed by atoms with van der Waals surface area (Å²) >= 11 is 5.90. The molecule has 5 nitrogen and oxygen atoms in total. The number of hydrogen-bond donors (Lipinski definition) is 2. The Hall–Kier alpha value is -2.54. The van der Waals surface area contributed by atoms with Crippen LogP contribution in [0.3, 0.4) is 0 Å². The van der Waals surface area contributed by atoms with E-state index in [0.717, 1.165) is 22.6 Å². The zero-order valence-corrected chi connectivity index (χ0v) is 16.0. The fraction of sp³-hybridized carbons (Fsp3) is 0.100. The van der Waals surface area contributed by atoms with Gasteiger partial charge >= 0.3 is 0 Å². The third kappa shape index (κ3) is 5.47. The summed E-state index contributed by atoms with van der Waals surface area (Å²) in [7, 11) is -3.69. The van der Waals surface area contributed by atoms with E-state index in [2.05, 4.69) is 5.32 Å². The Balaban J connectivity index is 1.64. The van der Waals surface area contributed by atoms with Crippen LogP contribution in [0.4, 0.5) is 5.69 Å². The molecule has 0 aromatic heterocycles. The van der Waals surface area contributed by atoms with E-state index in [4.69, 9.17) is 21.5 Å². The molecular formula is C20H19ClN2O3S. The van der Waals surface area contributed by atoms with Gasteiger partial charge in [0.1, 0.15) is 12.4 Å². The lowest BCUT2D eigenvalue weighted by Crippen LogP contribution is -2.12. The number of nitrogens with two attached hydrogens (primary N) is 1. The Morgan fingerprint density at radius 3 is 2.26 bits per heavy atom. The number of ether oxygens (including phenoxy) is 1. The summed E-state index contributed by atoms with van der Waals surface area (Å²) in [4.78, 5) is 0.0831. The van der Waals surface area contributed by atoms with Gasteiger partial charge < -0.3 is 10.1 Å². The van der Waals surface area contributed by atoms with Gasteiger partial charge in [-0.25, -0.2) is 13.6 Å². The summed E-state index contributed by atoms with van der Waals surface area (Å²) in [6.45, 7) is 0.975. The number of sulfonamides is 1. The van der Waals surface area contributed by atoms with E-state index in [1.807, 2.05) is 48.5 Å². The highest BCUT2D eigenvalue weighted by atomic mass is 35.5. The molecule has 7 heteroatoms. The number of hydrogen-bond acceptors (Lipinski definition) is 4. The van der Waals surface area contributed by atoms with Crippen molar-refractivity contribution in [1.82, 2.24) is 0 Å². The molecule has 0 aliphatic carbocycles. The normalized spacial score (nSPS) is 11.2. The Kier molecular flexibility index (Phi) is 6.01. The summed E-state index contributed by atoms with van der Waals surface area (Å²) in [6, 6.07) is 21.6. The summed E-state index contributed by atoms with van der Waals surface area (Å²) < 4.78 is 28.6. The molecule has 0 heterocycles. The van der Waals surface area contributed by atoms with Crippen molar-refractivity contribution < 1.29 is 13.2 Å². The van der Waals surface area contributed by atoms with Gasteiger partial charge in [-0.05, 0) is 48.0 Å². The van der Waals surface area contributed by atoms with Crippen molar-refractivity contribution in [2.75, 3.05) is 5.32 Å². The molecular weight excluding hydrogens is 384 g/mol. The Morgan fingerprint density at radius 1 is 0.926 bits per heavy atom. The van der Waals surface area contributed by atoms with Crippen LogP contribution >= 0.6 is 11.6 Å². The fourth-order valence-electron chi connectivity index (χ4n) is 2.49. The van der Waals surface area contributed by atoms with Crippen LogP contribution in [0.5, 0.6) is 5.75 Å². The predicted octanol–water partition coefficient (Wildman–Crippen LogP) is 4.18. The minimum atomic E-state index is -3.69. The number of nitrogens with one attached hydrogen (secondary N) is 1. The van der Waals surface area contributed by atoms with Crippen LogP contribution in [-0.4, -0.2) is 8.42 Å². The molecule has 0 aliphatic rings. The van der Waals surface area contributed by atoms with Crippen LogP contribution in [0.1, 0.15) is 11.1 Å². The predicted molar refractivity (Wildman–Crippen MR) is 107 cm³/mol. The number of benzene rings is 3. The Labute approximate surface area is 163 Å². The molecule has 0 aliphatic heterocycles. The number of halogens is 1. The van der Waals surface area contributed by atoms with Gasteiger partial charge in [0.05, 0.1) is 4.90 Å². The van der Waals surface area contributed by atoms with E-state index in [0.29, 0.717) is 18.2 Å². The van der Waals surface area contributed by atoms with Crippen LogP contribution in [-0.2, 0) is 23.2 Å². The molecule has 0 amide bonds. The van der Waals surface area contributed by atoms with Gasteiger partial charge in [-0.2, -0.15) is 0 Å². The van der Waals surface area contributed by atoms with Crippen molar-refractivity contribution in [3.05, 3.63) is 88.9 Å². The highest BCUT2D eigenvalue weighted by Gasteiger charge is 2.07. The molecule has 0 bridgehead atoms. The van der Waals surface area contributed by atoms with Crippen LogP contribution in [0.2, 0.25) is 5.02 Å². The van der Waals surface area contributed by atoms with Gasteiger partial charge in [-0.3, -0.25) is 0 Å². The van der Waals surface area contributed by atoms with Crippen molar-refractivity contribution in [3.8, 4) is 5.75 Å².